The number of aromatic nitrogens is 1. The van der Waals surface area contributed by atoms with Gasteiger partial charge < -0.3 is 0 Å². The first kappa shape index (κ1) is 13.7. The topological polar surface area (TPSA) is 16.1 Å². The Bertz CT molecular complexity index is 548. The summed E-state index contributed by atoms with van der Waals surface area (Å²) < 4.78 is 0. The van der Waals surface area contributed by atoms with Crippen LogP contribution in [0.25, 0.3) is 0 Å². The van der Waals surface area contributed by atoms with Crippen molar-refractivity contribution in [2.75, 3.05) is 13.1 Å². The number of likely N-dealkylation sites (tertiary alicyclic amines) is 1. The summed E-state index contributed by atoms with van der Waals surface area (Å²) in [5, 5.41) is 4.35. The van der Waals surface area contributed by atoms with Crippen LogP contribution in [0.15, 0.2) is 52.6 Å². The third-order valence-electron chi connectivity index (χ3n) is 3.86. The van der Waals surface area contributed by atoms with E-state index in [0.29, 0.717) is 0 Å². The predicted octanol–water partition coefficient (Wildman–Crippen LogP) is 4.06. The number of allylic oxidation sites excluding steroid dienone is 3. The Balaban J connectivity index is 1.60. The molecule has 0 bridgehead atoms. The molecule has 0 aromatic carbocycles. The lowest BCUT2D eigenvalue weighted by atomic mass is 9.97. The van der Waals surface area contributed by atoms with E-state index in [9.17, 15) is 0 Å². The largest absolute Gasteiger partial charge is 0.298 e. The quantitative estimate of drug-likeness (QED) is 0.815. The van der Waals surface area contributed by atoms with Crippen LogP contribution in [0, 0.1) is 6.92 Å². The van der Waals surface area contributed by atoms with Gasteiger partial charge in [-0.05, 0) is 59.4 Å². The molecule has 2 nitrogen and oxygen atoms in total. The molecule has 0 aliphatic carbocycles. The zero-order valence-corrected chi connectivity index (χ0v) is 12.7. The fourth-order valence-corrected chi connectivity index (χ4v) is 3.33. The number of rotatable bonds is 2. The summed E-state index contributed by atoms with van der Waals surface area (Å²) in [6.07, 6.45) is 10.8. The van der Waals surface area contributed by atoms with Crippen LogP contribution in [0.5, 0.6) is 0 Å². The normalized spacial score (nSPS) is 19.6. The van der Waals surface area contributed by atoms with Crippen molar-refractivity contribution in [3.05, 3.63) is 63.7 Å². The summed E-state index contributed by atoms with van der Waals surface area (Å²) in [6, 6.07) is 2.24. The molecule has 1 aromatic rings. The van der Waals surface area contributed by atoms with Gasteiger partial charge in [-0.3, -0.25) is 9.88 Å². The van der Waals surface area contributed by atoms with E-state index in [1.165, 1.54) is 29.5 Å². The number of aryl methyl sites for hydroxylation is 1. The maximum atomic E-state index is 4.28. The number of pyridine rings is 1. The monoisotopic (exact) mass is 284 g/mol. The highest BCUT2D eigenvalue weighted by Gasteiger charge is 2.16. The standard InChI is InChI=1S/C17H20N2S/c1-14-10-15(12-18-11-14)13-19-6-2-16(3-7-19)17-4-8-20-9-5-17/h4-5,8-12H,2-3,6-7,13H2,1H3. The molecule has 20 heavy (non-hydrogen) atoms. The van der Waals surface area contributed by atoms with Crippen molar-refractivity contribution in [3.8, 4) is 0 Å². The van der Waals surface area contributed by atoms with Crippen LogP contribution in [0.4, 0.5) is 0 Å². The van der Waals surface area contributed by atoms with Crippen molar-refractivity contribution in [2.24, 2.45) is 0 Å². The lowest BCUT2D eigenvalue weighted by Gasteiger charge is -2.29. The first-order chi connectivity index (χ1) is 9.81. The van der Waals surface area contributed by atoms with Crippen molar-refractivity contribution in [1.29, 1.82) is 0 Å². The third kappa shape index (κ3) is 3.41. The van der Waals surface area contributed by atoms with Gasteiger partial charge >= 0.3 is 0 Å². The Morgan fingerprint density at radius 3 is 2.60 bits per heavy atom. The van der Waals surface area contributed by atoms with Gasteiger partial charge in [-0.1, -0.05) is 11.6 Å². The van der Waals surface area contributed by atoms with E-state index < -0.39 is 0 Å². The van der Waals surface area contributed by atoms with Crippen molar-refractivity contribution in [2.45, 2.75) is 26.3 Å². The molecule has 0 N–H and O–H groups in total. The molecule has 0 atom stereocenters. The van der Waals surface area contributed by atoms with Gasteiger partial charge in [0.05, 0.1) is 0 Å². The van der Waals surface area contributed by atoms with Gasteiger partial charge in [0.25, 0.3) is 0 Å². The summed E-state index contributed by atoms with van der Waals surface area (Å²) in [4.78, 5) is 6.81. The number of hydrogen-bond donors (Lipinski definition) is 0. The van der Waals surface area contributed by atoms with Gasteiger partial charge in [0.1, 0.15) is 0 Å². The minimum absolute atomic E-state index is 1.03. The Kier molecular flexibility index (Phi) is 4.38. The van der Waals surface area contributed by atoms with E-state index in [2.05, 4.69) is 45.8 Å². The second-order valence-corrected chi connectivity index (χ2v) is 6.26. The minimum atomic E-state index is 1.03. The van der Waals surface area contributed by atoms with E-state index >= 15 is 0 Å². The molecule has 2 aliphatic rings. The van der Waals surface area contributed by atoms with Crippen molar-refractivity contribution in [3.63, 3.8) is 0 Å². The number of nitrogens with zero attached hydrogens (tertiary/aromatic N) is 2. The molecule has 0 amide bonds. The highest BCUT2D eigenvalue weighted by atomic mass is 32.2. The maximum absolute atomic E-state index is 4.28. The highest BCUT2D eigenvalue weighted by molar-refractivity contribution is 8.04. The lowest BCUT2D eigenvalue weighted by Crippen LogP contribution is -2.30. The molecule has 0 saturated carbocycles. The number of thioether (sulfide) groups is 1. The molecule has 2 aliphatic heterocycles. The molecular weight excluding hydrogens is 264 g/mol. The molecule has 1 saturated heterocycles. The second kappa shape index (κ2) is 6.42. The zero-order valence-electron chi connectivity index (χ0n) is 11.9. The van der Waals surface area contributed by atoms with Crippen LogP contribution in [-0.4, -0.2) is 23.0 Å². The summed E-state index contributed by atoms with van der Waals surface area (Å²) >= 11 is 1.75. The fourth-order valence-electron chi connectivity index (χ4n) is 2.79. The Hall–Kier alpha value is -1.32. The molecule has 1 aromatic heterocycles. The summed E-state index contributed by atoms with van der Waals surface area (Å²) in [5.41, 5.74) is 5.62. The number of piperidine rings is 1. The average molecular weight is 284 g/mol. The highest BCUT2D eigenvalue weighted by Crippen LogP contribution is 2.26. The van der Waals surface area contributed by atoms with Gasteiger partial charge in [-0.2, -0.15) is 0 Å². The van der Waals surface area contributed by atoms with Crippen LogP contribution in [0.2, 0.25) is 0 Å². The molecule has 104 valence electrons. The zero-order chi connectivity index (χ0) is 13.8. The Morgan fingerprint density at radius 2 is 1.90 bits per heavy atom. The van der Waals surface area contributed by atoms with Crippen molar-refractivity contribution < 1.29 is 0 Å². The van der Waals surface area contributed by atoms with Gasteiger partial charge in [0, 0.05) is 32.0 Å². The first-order valence-electron chi connectivity index (χ1n) is 7.15. The van der Waals surface area contributed by atoms with Crippen LogP contribution in [0.1, 0.15) is 24.0 Å². The van der Waals surface area contributed by atoms with Crippen molar-refractivity contribution in [1.82, 2.24) is 9.88 Å². The van der Waals surface area contributed by atoms with E-state index in [0.717, 1.165) is 19.6 Å². The van der Waals surface area contributed by atoms with Crippen LogP contribution in [0.3, 0.4) is 0 Å². The Morgan fingerprint density at radius 1 is 1.15 bits per heavy atom. The van der Waals surface area contributed by atoms with Gasteiger partial charge in [-0.25, -0.2) is 0 Å². The van der Waals surface area contributed by atoms with Crippen LogP contribution < -0.4 is 0 Å². The average Bonchev–Trinajstić information content (AvgIpc) is 2.49. The van der Waals surface area contributed by atoms with Crippen molar-refractivity contribution >= 4 is 11.8 Å². The predicted molar refractivity (Wildman–Crippen MR) is 86.4 cm³/mol. The molecule has 3 heteroatoms. The van der Waals surface area contributed by atoms with Crippen LogP contribution >= 0.6 is 11.8 Å². The molecule has 0 radical (unpaired) electrons. The third-order valence-corrected chi connectivity index (χ3v) is 4.44. The summed E-state index contributed by atoms with van der Waals surface area (Å²) in [5.74, 6) is 0. The smallest absolute Gasteiger partial charge is 0.0313 e. The summed E-state index contributed by atoms with van der Waals surface area (Å²) in [6.45, 7) is 5.44. The SMILES string of the molecule is Cc1cncc(CN2CCC(=C3C=CSC=C3)CC2)c1. The fraction of sp³-hybridized carbons (Fsp3) is 0.353. The molecule has 3 heterocycles. The Labute approximate surface area is 125 Å². The second-order valence-electron chi connectivity index (χ2n) is 5.45. The molecule has 3 rings (SSSR count). The molecule has 0 spiro atoms. The molecule has 1 fully saturated rings. The van der Waals surface area contributed by atoms with Crippen LogP contribution in [-0.2, 0) is 6.54 Å². The molecular formula is C17H20N2S. The van der Waals surface area contributed by atoms with E-state index in [-0.39, 0.29) is 0 Å². The van der Waals surface area contributed by atoms with E-state index in [1.54, 1.807) is 17.3 Å². The van der Waals surface area contributed by atoms with E-state index in [1.807, 2.05) is 12.4 Å². The van der Waals surface area contributed by atoms with Gasteiger partial charge in [0.15, 0.2) is 0 Å². The summed E-state index contributed by atoms with van der Waals surface area (Å²) in [7, 11) is 0. The maximum Gasteiger partial charge on any atom is 0.0313 e. The van der Waals surface area contributed by atoms with E-state index in [4.69, 9.17) is 0 Å². The first-order valence-corrected chi connectivity index (χ1v) is 8.09. The molecule has 0 unspecified atom stereocenters. The number of hydrogen-bond acceptors (Lipinski definition) is 3. The lowest BCUT2D eigenvalue weighted by molar-refractivity contribution is 0.247. The van der Waals surface area contributed by atoms with Gasteiger partial charge in [0.2, 0.25) is 0 Å². The minimum Gasteiger partial charge on any atom is -0.298 e. The van der Waals surface area contributed by atoms with Gasteiger partial charge in [-0.15, -0.1) is 11.8 Å².